The summed E-state index contributed by atoms with van der Waals surface area (Å²) in [5.74, 6) is 0. The molecule has 0 aliphatic heterocycles. The molecular formula is C10H12F4N2O3S2. The summed E-state index contributed by atoms with van der Waals surface area (Å²) in [6, 6.07) is 5.49. The molecule has 1 aromatic rings. The van der Waals surface area contributed by atoms with Crippen LogP contribution in [0.2, 0.25) is 0 Å². The lowest BCUT2D eigenvalue weighted by atomic mass is 10.4. The van der Waals surface area contributed by atoms with E-state index in [2.05, 4.69) is 3.77 Å². The Morgan fingerprint density at radius 1 is 1.10 bits per heavy atom. The van der Waals surface area contributed by atoms with Crippen LogP contribution in [0.25, 0.3) is 0 Å². The second-order valence-electron chi connectivity index (χ2n) is 3.77. The minimum Gasteiger partial charge on any atom is -0.251 e. The first kappa shape index (κ1) is 17.9. The van der Waals surface area contributed by atoms with Gasteiger partial charge in [0.25, 0.3) is 0 Å². The van der Waals surface area contributed by atoms with Gasteiger partial charge in [-0.05, 0) is 18.6 Å². The fraction of sp³-hybridized carbons (Fsp3) is 0.400. The summed E-state index contributed by atoms with van der Waals surface area (Å²) in [5, 5.41) is 0. The highest BCUT2D eigenvalue weighted by Crippen LogP contribution is 2.33. The highest BCUT2D eigenvalue weighted by molar-refractivity contribution is 8.03. The van der Waals surface area contributed by atoms with E-state index in [1.165, 1.54) is 18.2 Å². The summed E-state index contributed by atoms with van der Waals surface area (Å²) in [6.45, 7) is -1.29. The summed E-state index contributed by atoms with van der Waals surface area (Å²) in [7, 11) is -10.0. The number of alkyl halides is 4. The molecule has 0 saturated heterocycles. The van der Waals surface area contributed by atoms with Crippen molar-refractivity contribution in [1.29, 1.82) is 0 Å². The van der Waals surface area contributed by atoms with Crippen LogP contribution in [0.1, 0.15) is 6.42 Å². The first-order valence-electron chi connectivity index (χ1n) is 5.58. The van der Waals surface area contributed by atoms with Gasteiger partial charge >= 0.3 is 15.7 Å². The third-order valence-corrected chi connectivity index (χ3v) is 5.91. The van der Waals surface area contributed by atoms with Gasteiger partial charge in [0.05, 0.1) is 11.6 Å². The van der Waals surface area contributed by atoms with Crippen LogP contribution in [-0.2, 0) is 19.9 Å². The largest absolute Gasteiger partial charge is 0.484 e. The Kier molecular flexibility index (Phi) is 5.70. The number of nitrogens with one attached hydrogen (secondary N) is 1. The molecule has 0 bridgehead atoms. The van der Waals surface area contributed by atoms with Gasteiger partial charge in [0.15, 0.2) is 9.73 Å². The van der Waals surface area contributed by atoms with Gasteiger partial charge in [0.1, 0.15) is 0 Å². The predicted octanol–water partition coefficient (Wildman–Crippen LogP) is 2.23. The van der Waals surface area contributed by atoms with E-state index in [-0.39, 0.29) is 6.42 Å². The zero-order valence-electron chi connectivity index (χ0n) is 10.5. The summed E-state index contributed by atoms with van der Waals surface area (Å²) < 4.78 is 90.0. The molecule has 1 rings (SSSR count). The maximum Gasteiger partial charge on any atom is 0.484 e. The van der Waals surface area contributed by atoms with Crippen molar-refractivity contribution < 1.29 is 30.2 Å². The van der Waals surface area contributed by atoms with Crippen molar-refractivity contribution in [3.05, 3.63) is 30.3 Å². The van der Waals surface area contributed by atoms with Crippen LogP contribution >= 0.6 is 0 Å². The zero-order valence-corrected chi connectivity index (χ0v) is 12.1. The molecule has 0 aliphatic rings. The third-order valence-electron chi connectivity index (χ3n) is 2.17. The number of hydrogen-bond acceptors (Lipinski definition) is 3. The topological polar surface area (TPSA) is 75.6 Å². The molecule has 0 aliphatic carbocycles. The molecule has 1 N–H and O–H groups in total. The Hall–Kier alpha value is -1.20. The maximum atomic E-state index is 13.0. The normalized spacial score (nSPS) is 15.4. The van der Waals surface area contributed by atoms with Crippen LogP contribution in [0.5, 0.6) is 0 Å². The molecule has 21 heavy (non-hydrogen) atoms. The lowest BCUT2D eigenvalue weighted by Gasteiger charge is -2.13. The van der Waals surface area contributed by atoms with Crippen LogP contribution in [0.15, 0.2) is 39.0 Å². The Morgan fingerprint density at radius 3 is 2.14 bits per heavy atom. The summed E-state index contributed by atoms with van der Waals surface area (Å²) in [6.07, 6.45) is -0.229. The van der Waals surface area contributed by atoms with Gasteiger partial charge in [0.2, 0.25) is 0 Å². The number of nitrogens with zero attached hydrogens (tertiary/aromatic N) is 1. The fourth-order valence-corrected chi connectivity index (χ4v) is 4.45. The lowest BCUT2D eigenvalue weighted by Crippen LogP contribution is -2.29. The standard InChI is InChI=1S/C10H12F4N2O3S2/c11-7-4-8-15-21(18,19)16-20(17,10(12,13)14)9-5-2-1-3-6-9/h1-3,5-6,15H,4,7-8H2. The maximum absolute atomic E-state index is 13.0. The number of rotatable bonds is 6. The summed E-state index contributed by atoms with van der Waals surface area (Å²) in [5.41, 5.74) is -5.37. The van der Waals surface area contributed by atoms with Gasteiger partial charge in [-0.25, -0.2) is 4.21 Å². The lowest BCUT2D eigenvalue weighted by molar-refractivity contribution is -0.0402. The van der Waals surface area contributed by atoms with Crippen molar-refractivity contribution in [3.63, 3.8) is 0 Å². The molecule has 1 aromatic carbocycles. The molecule has 0 saturated carbocycles. The van der Waals surface area contributed by atoms with E-state index in [1.54, 1.807) is 4.72 Å². The minimum absolute atomic E-state index is 0.229. The molecular weight excluding hydrogens is 336 g/mol. The minimum atomic E-state index is -5.37. The molecule has 5 nitrogen and oxygen atoms in total. The highest BCUT2D eigenvalue weighted by Gasteiger charge is 2.46. The smallest absolute Gasteiger partial charge is 0.251 e. The van der Waals surface area contributed by atoms with Gasteiger partial charge < -0.3 is 0 Å². The molecule has 120 valence electrons. The number of halogens is 4. The van der Waals surface area contributed by atoms with Crippen molar-refractivity contribution >= 4 is 19.9 Å². The van der Waals surface area contributed by atoms with E-state index < -0.39 is 43.6 Å². The van der Waals surface area contributed by atoms with Crippen LogP contribution in [0.4, 0.5) is 17.6 Å². The molecule has 1 atom stereocenters. The van der Waals surface area contributed by atoms with E-state index in [4.69, 9.17) is 0 Å². The molecule has 0 radical (unpaired) electrons. The van der Waals surface area contributed by atoms with E-state index in [0.29, 0.717) is 0 Å². The molecule has 0 heterocycles. The Bertz CT molecular complexity index is 680. The molecule has 1 unspecified atom stereocenters. The molecule has 0 fully saturated rings. The van der Waals surface area contributed by atoms with E-state index >= 15 is 0 Å². The highest BCUT2D eigenvalue weighted by atomic mass is 32.3. The van der Waals surface area contributed by atoms with Crippen molar-refractivity contribution in [2.75, 3.05) is 13.2 Å². The molecule has 0 amide bonds. The van der Waals surface area contributed by atoms with E-state index in [1.807, 2.05) is 0 Å². The molecule has 11 heteroatoms. The fourth-order valence-electron chi connectivity index (χ4n) is 1.26. The summed E-state index contributed by atoms with van der Waals surface area (Å²) in [4.78, 5) is -0.770. The van der Waals surface area contributed by atoms with Crippen LogP contribution < -0.4 is 4.72 Å². The van der Waals surface area contributed by atoms with Crippen molar-refractivity contribution in [2.24, 2.45) is 3.77 Å². The second-order valence-corrected chi connectivity index (χ2v) is 7.59. The van der Waals surface area contributed by atoms with Crippen molar-refractivity contribution in [3.8, 4) is 0 Å². The number of hydrogen-bond donors (Lipinski definition) is 1. The van der Waals surface area contributed by atoms with Crippen molar-refractivity contribution in [2.45, 2.75) is 16.8 Å². The summed E-state index contributed by atoms with van der Waals surface area (Å²) >= 11 is 0. The van der Waals surface area contributed by atoms with Crippen molar-refractivity contribution in [1.82, 2.24) is 4.72 Å². The van der Waals surface area contributed by atoms with Gasteiger partial charge in [-0.3, -0.25) is 4.39 Å². The van der Waals surface area contributed by atoms with E-state index in [9.17, 15) is 30.2 Å². The third kappa shape index (κ3) is 4.64. The second kappa shape index (κ2) is 6.71. The monoisotopic (exact) mass is 348 g/mol. The molecule has 0 aromatic heterocycles. The SMILES string of the molecule is O=S(=O)(N=S(=O)(c1ccccc1)C(F)(F)F)NCCCF. The number of benzene rings is 1. The Morgan fingerprint density at radius 2 is 1.67 bits per heavy atom. The Balaban J connectivity index is 3.34. The zero-order chi connectivity index (χ0) is 16.1. The molecule has 0 spiro atoms. The predicted molar refractivity (Wildman–Crippen MR) is 68.8 cm³/mol. The first-order valence-corrected chi connectivity index (χ1v) is 8.53. The van der Waals surface area contributed by atoms with Crippen LogP contribution in [0.3, 0.4) is 0 Å². The van der Waals surface area contributed by atoms with E-state index in [0.717, 1.165) is 12.1 Å². The van der Waals surface area contributed by atoms with Gasteiger partial charge in [-0.1, -0.05) is 22.0 Å². The van der Waals surface area contributed by atoms with Crippen LogP contribution in [0, 0.1) is 0 Å². The average Bonchev–Trinajstić information content (AvgIpc) is 2.38. The van der Waals surface area contributed by atoms with Gasteiger partial charge in [0, 0.05) is 6.54 Å². The Labute approximate surface area is 119 Å². The first-order chi connectivity index (χ1) is 9.62. The average molecular weight is 348 g/mol. The van der Waals surface area contributed by atoms with Crippen LogP contribution in [-0.4, -0.2) is 31.4 Å². The van der Waals surface area contributed by atoms with Gasteiger partial charge in [-0.15, -0.1) is 0 Å². The van der Waals surface area contributed by atoms with Gasteiger partial charge in [-0.2, -0.15) is 26.3 Å². The quantitative estimate of drug-likeness (QED) is 0.633.